The number of urea groups is 1. The van der Waals surface area contributed by atoms with Gasteiger partial charge < -0.3 is 15.0 Å². The second-order valence-corrected chi connectivity index (χ2v) is 5.08. The third-order valence-electron chi connectivity index (χ3n) is 3.63. The summed E-state index contributed by atoms with van der Waals surface area (Å²) in [5.41, 5.74) is 0.368. The van der Waals surface area contributed by atoms with Gasteiger partial charge in [0.05, 0.1) is 7.11 Å². The molecule has 0 atom stereocenters. The summed E-state index contributed by atoms with van der Waals surface area (Å²) in [6.07, 6.45) is 3.81. The van der Waals surface area contributed by atoms with Gasteiger partial charge in [-0.25, -0.2) is 9.18 Å². The Balaban J connectivity index is 2.07. The van der Waals surface area contributed by atoms with Crippen molar-refractivity contribution in [2.45, 2.75) is 31.7 Å². The predicted molar refractivity (Wildman–Crippen MR) is 76.4 cm³/mol. The van der Waals surface area contributed by atoms with E-state index in [0.29, 0.717) is 5.69 Å². The normalized spacial score (nSPS) is 14.8. The van der Waals surface area contributed by atoms with Crippen LogP contribution in [0.4, 0.5) is 14.9 Å². The number of carbonyl (C=O) groups is 2. The van der Waals surface area contributed by atoms with Gasteiger partial charge in [0.15, 0.2) is 0 Å². The van der Waals surface area contributed by atoms with Crippen LogP contribution >= 0.6 is 0 Å². The minimum absolute atomic E-state index is 0.0256. The van der Waals surface area contributed by atoms with E-state index in [9.17, 15) is 14.0 Å². The molecule has 0 saturated heterocycles. The smallest absolute Gasteiger partial charge is 0.325 e. The monoisotopic (exact) mass is 294 g/mol. The van der Waals surface area contributed by atoms with Crippen LogP contribution in [0.2, 0.25) is 0 Å². The molecule has 1 aromatic carbocycles. The van der Waals surface area contributed by atoms with Crippen molar-refractivity contribution in [1.82, 2.24) is 4.90 Å². The summed E-state index contributed by atoms with van der Waals surface area (Å²) in [6, 6.07) is 5.29. The maximum Gasteiger partial charge on any atom is 0.325 e. The van der Waals surface area contributed by atoms with Crippen LogP contribution in [0.1, 0.15) is 25.7 Å². The number of hydrogen-bond donors (Lipinski definition) is 1. The van der Waals surface area contributed by atoms with Crippen molar-refractivity contribution in [1.29, 1.82) is 0 Å². The molecule has 0 aliphatic heterocycles. The zero-order chi connectivity index (χ0) is 15.2. The fourth-order valence-electron chi connectivity index (χ4n) is 2.55. The van der Waals surface area contributed by atoms with Crippen molar-refractivity contribution in [2.75, 3.05) is 19.0 Å². The Hall–Kier alpha value is -2.11. The number of halogens is 1. The zero-order valence-electron chi connectivity index (χ0n) is 12.0. The lowest BCUT2D eigenvalue weighted by Crippen LogP contribution is -2.44. The first-order valence-electron chi connectivity index (χ1n) is 7.00. The number of nitrogens with zero attached hydrogens (tertiary/aromatic N) is 1. The molecule has 0 radical (unpaired) electrons. The highest BCUT2D eigenvalue weighted by atomic mass is 19.1. The molecule has 0 aromatic heterocycles. The number of carbonyl (C=O) groups excluding carboxylic acids is 2. The molecule has 1 aromatic rings. The van der Waals surface area contributed by atoms with E-state index in [1.165, 1.54) is 30.2 Å². The van der Waals surface area contributed by atoms with Gasteiger partial charge in [0.1, 0.15) is 12.4 Å². The second kappa shape index (κ2) is 7.06. The van der Waals surface area contributed by atoms with Crippen molar-refractivity contribution in [3.05, 3.63) is 30.1 Å². The maximum absolute atomic E-state index is 13.1. The molecule has 1 saturated carbocycles. The Labute approximate surface area is 123 Å². The summed E-state index contributed by atoms with van der Waals surface area (Å²) >= 11 is 0. The number of amides is 2. The van der Waals surface area contributed by atoms with Crippen LogP contribution < -0.4 is 5.32 Å². The number of esters is 1. The summed E-state index contributed by atoms with van der Waals surface area (Å²) < 4.78 is 17.8. The predicted octanol–water partition coefficient (Wildman–Crippen LogP) is 2.78. The van der Waals surface area contributed by atoms with Crippen molar-refractivity contribution >= 4 is 17.7 Å². The van der Waals surface area contributed by atoms with Crippen LogP contribution in [-0.2, 0) is 9.53 Å². The molecule has 114 valence electrons. The molecule has 1 fully saturated rings. The molecular formula is C15H19FN2O3. The average molecular weight is 294 g/mol. The molecule has 5 nitrogen and oxygen atoms in total. The van der Waals surface area contributed by atoms with Gasteiger partial charge >= 0.3 is 12.0 Å². The fraction of sp³-hybridized carbons (Fsp3) is 0.467. The molecule has 6 heteroatoms. The third-order valence-corrected chi connectivity index (χ3v) is 3.63. The van der Waals surface area contributed by atoms with Crippen LogP contribution in [0.15, 0.2) is 24.3 Å². The Kier molecular flexibility index (Phi) is 5.14. The van der Waals surface area contributed by atoms with E-state index in [4.69, 9.17) is 0 Å². The molecule has 21 heavy (non-hydrogen) atoms. The van der Waals surface area contributed by atoms with Gasteiger partial charge in [0, 0.05) is 11.7 Å². The van der Waals surface area contributed by atoms with E-state index >= 15 is 0 Å². The number of ether oxygens (including phenoxy) is 1. The molecule has 1 N–H and O–H groups in total. The Morgan fingerprint density at radius 2 is 2.10 bits per heavy atom. The van der Waals surface area contributed by atoms with Crippen LogP contribution in [0.25, 0.3) is 0 Å². The lowest BCUT2D eigenvalue weighted by molar-refractivity contribution is -0.141. The maximum atomic E-state index is 13.1. The minimum Gasteiger partial charge on any atom is -0.468 e. The van der Waals surface area contributed by atoms with E-state index in [2.05, 4.69) is 10.1 Å². The van der Waals surface area contributed by atoms with E-state index in [0.717, 1.165) is 25.7 Å². The first-order chi connectivity index (χ1) is 10.1. The van der Waals surface area contributed by atoms with Crippen LogP contribution in [0, 0.1) is 5.82 Å². The van der Waals surface area contributed by atoms with E-state index in [1.54, 1.807) is 6.07 Å². The standard InChI is InChI=1S/C15H19FN2O3/c1-21-14(19)10-18(13-7-2-3-8-13)15(20)17-12-6-4-5-11(16)9-12/h4-6,9,13H,2-3,7-8,10H2,1H3,(H,17,20). The largest absolute Gasteiger partial charge is 0.468 e. The Morgan fingerprint density at radius 1 is 1.38 bits per heavy atom. The van der Waals surface area contributed by atoms with Gasteiger partial charge in [-0.05, 0) is 31.0 Å². The van der Waals surface area contributed by atoms with Crippen LogP contribution in [-0.4, -0.2) is 36.6 Å². The van der Waals surface area contributed by atoms with Crippen molar-refractivity contribution in [2.24, 2.45) is 0 Å². The Morgan fingerprint density at radius 3 is 2.71 bits per heavy atom. The summed E-state index contributed by atoms with van der Waals surface area (Å²) in [4.78, 5) is 25.3. The summed E-state index contributed by atoms with van der Waals surface area (Å²) in [7, 11) is 1.29. The highest BCUT2D eigenvalue weighted by Crippen LogP contribution is 2.24. The SMILES string of the molecule is COC(=O)CN(C(=O)Nc1cccc(F)c1)C1CCCC1. The first-order valence-corrected chi connectivity index (χ1v) is 7.00. The van der Waals surface area contributed by atoms with Gasteiger partial charge in [-0.1, -0.05) is 18.9 Å². The molecule has 0 unspecified atom stereocenters. The van der Waals surface area contributed by atoms with E-state index in [1.807, 2.05) is 0 Å². The second-order valence-electron chi connectivity index (χ2n) is 5.08. The quantitative estimate of drug-likeness (QED) is 0.869. The first kappa shape index (κ1) is 15.3. The number of anilines is 1. The number of rotatable bonds is 4. The highest BCUT2D eigenvalue weighted by Gasteiger charge is 2.28. The fourth-order valence-corrected chi connectivity index (χ4v) is 2.55. The minimum atomic E-state index is -0.462. The van der Waals surface area contributed by atoms with E-state index < -0.39 is 17.8 Å². The summed E-state index contributed by atoms with van der Waals surface area (Å²) in [5, 5.41) is 2.63. The lowest BCUT2D eigenvalue weighted by Gasteiger charge is -2.28. The Bertz CT molecular complexity index is 515. The van der Waals surface area contributed by atoms with Gasteiger partial charge in [-0.15, -0.1) is 0 Å². The molecule has 1 aliphatic rings. The molecule has 2 rings (SSSR count). The number of nitrogens with one attached hydrogen (secondary N) is 1. The van der Waals surface area contributed by atoms with Gasteiger partial charge in [0.25, 0.3) is 0 Å². The molecule has 0 bridgehead atoms. The molecule has 2 amide bonds. The van der Waals surface area contributed by atoms with Crippen LogP contribution in [0.3, 0.4) is 0 Å². The lowest BCUT2D eigenvalue weighted by atomic mass is 10.2. The van der Waals surface area contributed by atoms with Gasteiger partial charge in [-0.2, -0.15) is 0 Å². The van der Waals surface area contributed by atoms with Gasteiger partial charge in [-0.3, -0.25) is 4.79 Å². The van der Waals surface area contributed by atoms with Crippen LogP contribution in [0.5, 0.6) is 0 Å². The van der Waals surface area contributed by atoms with Crippen molar-refractivity contribution in [3.8, 4) is 0 Å². The highest BCUT2D eigenvalue weighted by molar-refractivity contribution is 5.91. The van der Waals surface area contributed by atoms with E-state index in [-0.39, 0.29) is 12.6 Å². The number of benzene rings is 1. The molecule has 0 heterocycles. The topological polar surface area (TPSA) is 58.6 Å². The van der Waals surface area contributed by atoms with Crippen molar-refractivity contribution in [3.63, 3.8) is 0 Å². The molecule has 0 spiro atoms. The summed E-state index contributed by atoms with van der Waals surface area (Å²) in [6.45, 7) is -0.0949. The third kappa shape index (κ3) is 4.18. The average Bonchev–Trinajstić information content (AvgIpc) is 2.98. The molecule has 1 aliphatic carbocycles. The number of methoxy groups -OCH3 is 1. The zero-order valence-corrected chi connectivity index (χ0v) is 12.0. The number of hydrogen-bond acceptors (Lipinski definition) is 3. The summed E-state index contributed by atoms with van der Waals surface area (Å²) in [5.74, 6) is -0.885. The molecular weight excluding hydrogens is 275 g/mol. The van der Waals surface area contributed by atoms with Crippen molar-refractivity contribution < 1.29 is 18.7 Å². The van der Waals surface area contributed by atoms with Gasteiger partial charge in [0.2, 0.25) is 0 Å².